The van der Waals surface area contributed by atoms with Gasteiger partial charge in [0.15, 0.2) is 0 Å². The van der Waals surface area contributed by atoms with Crippen molar-refractivity contribution in [3.8, 4) is 11.5 Å². The summed E-state index contributed by atoms with van der Waals surface area (Å²) in [4.78, 5) is 16.4. The summed E-state index contributed by atoms with van der Waals surface area (Å²) in [5, 5.41) is 2.86. The summed E-state index contributed by atoms with van der Waals surface area (Å²) < 4.78 is 11.5. The van der Waals surface area contributed by atoms with Gasteiger partial charge in [-0.05, 0) is 50.6 Å². The number of ether oxygens (including phenoxy) is 2. The standard InChI is InChI=1S/C21H24N2O3/c1-4-25-19-12-17-10-15(3)26-20(17)11-16(19)7-8-21(24)23-13-18-14(2)6-5-9-22-18/h5-9,11-12,15H,4,10,13H2,1-3H3,(H,23,24). The smallest absolute Gasteiger partial charge is 0.244 e. The third-order valence-corrected chi connectivity index (χ3v) is 4.29. The highest BCUT2D eigenvalue weighted by Crippen LogP contribution is 2.35. The van der Waals surface area contributed by atoms with E-state index in [0.717, 1.165) is 40.3 Å². The molecule has 0 saturated carbocycles. The Balaban J connectivity index is 1.70. The van der Waals surface area contributed by atoms with Gasteiger partial charge in [-0.2, -0.15) is 0 Å². The van der Waals surface area contributed by atoms with Crippen molar-refractivity contribution in [3.05, 3.63) is 58.9 Å². The van der Waals surface area contributed by atoms with Crippen LogP contribution >= 0.6 is 0 Å². The molecular weight excluding hydrogens is 328 g/mol. The summed E-state index contributed by atoms with van der Waals surface area (Å²) in [6.45, 7) is 6.94. The van der Waals surface area contributed by atoms with Crippen LogP contribution in [-0.4, -0.2) is 23.6 Å². The topological polar surface area (TPSA) is 60.5 Å². The van der Waals surface area contributed by atoms with Gasteiger partial charge >= 0.3 is 0 Å². The van der Waals surface area contributed by atoms with Gasteiger partial charge in [0.2, 0.25) is 5.91 Å². The maximum Gasteiger partial charge on any atom is 0.244 e. The van der Waals surface area contributed by atoms with E-state index in [4.69, 9.17) is 9.47 Å². The maximum atomic E-state index is 12.2. The SMILES string of the molecule is CCOc1cc2c(cc1C=CC(=O)NCc1ncccc1C)OC(C)C2. The molecule has 1 unspecified atom stereocenters. The van der Waals surface area contributed by atoms with Crippen molar-refractivity contribution in [2.24, 2.45) is 0 Å². The molecule has 2 heterocycles. The molecule has 2 aromatic rings. The molecule has 0 radical (unpaired) electrons. The molecule has 0 aliphatic carbocycles. The fraction of sp³-hybridized carbons (Fsp3) is 0.333. The Morgan fingerprint density at radius 3 is 3.08 bits per heavy atom. The second-order valence-electron chi connectivity index (χ2n) is 6.38. The largest absolute Gasteiger partial charge is 0.493 e. The predicted molar refractivity (Wildman–Crippen MR) is 101 cm³/mol. The van der Waals surface area contributed by atoms with Crippen molar-refractivity contribution < 1.29 is 14.3 Å². The fourth-order valence-corrected chi connectivity index (χ4v) is 2.96. The van der Waals surface area contributed by atoms with Crippen LogP contribution in [0.2, 0.25) is 0 Å². The van der Waals surface area contributed by atoms with Gasteiger partial charge in [0.25, 0.3) is 0 Å². The lowest BCUT2D eigenvalue weighted by Gasteiger charge is -2.10. The lowest BCUT2D eigenvalue weighted by Crippen LogP contribution is -2.21. The van der Waals surface area contributed by atoms with Gasteiger partial charge < -0.3 is 14.8 Å². The van der Waals surface area contributed by atoms with Crippen LogP contribution in [0.15, 0.2) is 36.5 Å². The molecule has 5 nitrogen and oxygen atoms in total. The molecule has 3 rings (SSSR count). The van der Waals surface area contributed by atoms with Gasteiger partial charge in [0.05, 0.1) is 18.8 Å². The Morgan fingerprint density at radius 2 is 2.31 bits per heavy atom. The Hall–Kier alpha value is -2.82. The number of aryl methyl sites for hydroxylation is 1. The number of nitrogens with one attached hydrogen (secondary N) is 1. The van der Waals surface area contributed by atoms with E-state index in [0.29, 0.717) is 13.2 Å². The minimum atomic E-state index is -0.174. The average Bonchev–Trinajstić information content (AvgIpc) is 2.98. The van der Waals surface area contributed by atoms with Crippen LogP contribution in [0.5, 0.6) is 11.5 Å². The van der Waals surface area contributed by atoms with E-state index in [1.165, 1.54) is 6.08 Å². The molecule has 0 saturated heterocycles. The van der Waals surface area contributed by atoms with Gasteiger partial charge in [0, 0.05) is 29.8 Å². The average molecular weight is 352 g/mol. The van der Waals surface area contributed by atoms with Crippen molar-refractivity contribution >= 4 is 12.0 Å². The van der Waals surface area contributed by atoms with E-state index in [2.05, 4.69) is 10.3 Å². The number of aromatic nitrogens is 1. The number of benzene rings is 1. The molecule has 1 aromatic carbocycles. The van der Waals surface area contributed by atoms with E-state index in [9.17, 15) is 4.79 Å². The monoisotopic (exact) mass is 352 g/mol. The summed E-state index contributed by atoms with van der Waals surface area (Å²) >= 11 is 0. The van der Waals surface area contributed by atoms with Crippen LogP contribution in [0.25, 0.3) is 6.08 Å². The number of fused-ring (bicyclic) bond motifs is 1. The number of amides is 1. The van der Waals surface area contributed by atoms with Crippen molar-refractivity contribution in [1.29, 1.82) is 0 Å². The van der Waals surface area contributed by atoms with Crippen molar-refractivity contribution in [2.45, 2.75) is 39.8 Å². The van der Waals surface area contributed by atoms with Gasteiger partial charge in [-0.3, -0.25) is 9.78 Å². The summed E-state index contributed by atoms with van der Waals surface area (Å²) in [5.41, 5.74) is 3.90. The highest BCUT2D eigenvalue weighted by atomic mass is 16.5. The first kappa shape index (κ1) is 18.0. The van der Waals surface area contributed by atoms with Crippen LogP contribution in [0.4, 0.5) is 0 Å². The van der Waals surface area contributed by atoms with Gasteiger partial charge in [-0.15, -0.1) is 0 Å². The molecule has 1 N–H and O–H groups in total. The van der Waals surface area contributed by atoms with E-state index in [1.54, 1.807) is 12.3 Å². The lowest BCUT2D eigenvalue weighted by atomic mass is 10.1. The normalized spacial score (nSPS) is 15.6. The first-order chi connectivity index (χ1) is 12.6. The van der Waals surface area contributed by atoms with E-state index >= 15 is 0 Å². The number of hydrogen-bond donors (Lipinski definition) is 1. The Labute approximate surface area is 154 Å². The van der Waals surface area contributed by atoms with Crippen LogP contribution in [0.1, 0.15) is 36.2 Å². The van der Waals surface area contributed by atoms with Crippen LogP contribution in [-0.2, 0) is 17.8 Å². The number of pyridine rings is 1. The van der Waals surface area contributed by atoms with Crippen LogP contribution in [0.3, 0.4) is 0 Å². The molecule has 1 aliphatic rings. The number of carbonyl (C=O) groups excluding carboxylic acids is 1. The number of hydrogen-bond acceptors (Lipinski definition) is 4. The zero-order valence-corrected chi connectivity index (χ0v) is 15.4. The third kappa shape index (κ3) is 4.23. The van der Waals surface area contributed by atoms with Gasteiger partial charge in [-0.1, -0.05) is 6.07 Å². The molecule has 1 atom stereocenters. The number of rotatable bonds is 6. The minimum absolute atomic E-state index is 0.170. The molecule has 1 amide bonds. The maximum absolute atomic E-state index is 12.2. The van der Waals surface area contributed by atoms with Gasteiger partial charge in [0.1, 0.15) is 17.6 Å². The first-order valence-electron chi connectivity index (χ1n) is 8.89. The van der Waals surface area contributed by atoms with E-state index in [-0.39, 0.29) is 12.0 Å². The molecule has 5 heteroatoms. The van der Waals surface area contributed by atoms with Crippen LogP contribution in [0, 0.1) is 6.92 Å². The fourth-order valence-electron chi connectivity index (χ4n) is 2.96. The van der Waals surface area contributed by atoms with Crippen LogP contribution < -0.4 is 14.8 Å². The zero-order chi connectivity index (χ0) is 18.5. The quantitative estimate of drug-likeness (QED) is 0.809. The molecule has 136 valence electrons. The summed E-state index contributed by atoms with van der Waals surface area (Å²) in [6, 6.07) is 7.81. The summed E-state index contributed by atoms with van der Waals surface area (Å²) in [5.74, 6) is 1.46. The third-order valence-electron chi connectivity index (χ3n) is 4.29. The van der Waals surface area contributed by atoms with E-state index in [1.807, 2.05) is 45.0 Å². The zero-order valence-electron chi connectivity index (χ0n) is 15.4. The molecule has 0 spiro atoms. The van der Waals surface area contributed by atoms with Gasteiger partial charge in [-0.25, -0.2) is 0 Å². The first-order valence-corrected chi connectivity index (χ1v) is 8.89. The Bertz CT molecular complexity index is 830. The Morgan fingerprint density at radius 1 is 1.46 bits per heavy atom. The lowest BCUT2D eigenvalue weighted by molar-refractivity contribution is -0.116. The molecule has 1 aromatic heterocycles. The number of carbonyl (C=O) groups is 1. The Kier molecular flexibility index (Phi) is 5.56. The predicted octanol–water partition coefficient (Wildman–Crippen LogP) is 3.44. The summed E-state index contributed by atoms with van der Waals surface area (Å²) in [7, 11) is 0. The molecule has 1 aliphatic heterocycles. The highest BCUT2D eigenvalue weighted by molar-refractivity contribution is 5.92. The van der Waals surface area contributed by atoms with Crippen molar-refractivity contribution in [1.82, 2.24) is 10.3 Å². The molecular formula is C21H24N2O3. The molecule has 0 fully saturated rings. The van der Waals surface area contributed by atoms with Crippen molar-refractivity contribution in [2.75, 3.05) is 6.61 Å². The minimum Gasteiger partial charge on any atom is -0.493 e. The second-order valence-corrected chi connectivity index (χ2v) is 6.38. The van der Waals surface area contributed by atoms with E-state index < -0.39 is 0 Å². The van der Waals surface area contributed by atoms with Crippen molar-refractivity contribution in [3.63, 3.8) is 0 Å². The summed E-state index contributed by atoms with van der Waals surface area (Å²) in [6.07, 6.45) is 6.05. The number of nitrogens with zero attached hydrogens (tertiary/aromatic N) is 1. The highest BCUT2D eigenvalue weighted by Gasteiger charge is 2.21. The molecule has 0 bridgehead atoms. The molecule has 26 heavy (non-hydrogen) atoms. The second kappa shape index (κ2) is 8.04.